The standard InChI is InChI=1S/C21H16F2/c1-13-2-3-14-10-18-11-16(5-4-15(18)9-17(14)8-13)20-7-6-19(22)12-21(20)23/h2-8,11-12H,9-10H2,1H3. The lowest BCUT2D eigenvalue weighted by atomic mass is 9.84. The second-order valence-corrected chi connectivity index (χ2v) is 6.23. The number of aryl methyl sites for hydroxylation is 1. The fraction of sp³-hybridized carbons (Fsp3) is 0.143. The predicted octanol–water partition coefficient (Wildman–Crippen LogP) is 5.44. The van der Waals surface area contributed by atoms with E-state index in [1.807, 2.05) is 12.1 Å². The van der Waals surface area contributed by atoms with Crippen LogP contribution < -0.4 is 0 Å². The summed E-state index contributed by atoms with van der Waals surface area (Å²) in [7, 11) is 0. The zero-order valence-electron chi connectivity index (χ0n) is 12.9. The normalized spacial score (nSPS) is 12.7. The van der Waals surface area contributed by atoms with Crippen molar-refractivity contribution in [3.05, 3.63) is 94.0 Å². The monoisotopic (exact) mass is 306 g/mol. The van der Waals surface area contributed by atoms with Gasteiger partial charge in [-0.3, -0.25) is 0 Å². The molecule has 23 heavy (non-hydrogen) atoms. The lowest BCUT2D eigenvalue weighted by molar-refractivity contribution is 0.585. The fourth-order valence-corrected chi connectivity index (χ4v) is 3.36. The van der Waals surface area contributed by atoms with Gasteiger partial charge in [0.2, 0.25) is 0 Å². The van der Waals surface area contributed by atoms with Gasteiger partial charge in [0.15, 0.2) is 0 Å². The van der Waals surface area contributed by atoms with Crippen LogP contribution in [-0.2, 0) is 12.8 Å². The summed E-state index contributed by atoms with van der Waals surface area (Å²) in [6.45, 7) is 2.11. The molecule has 0 bridgehead atoms. The number of hydrogen-bond donors (Lipinski definition) is 0. The minimum atomic E-state index is -0.548. The first-order chi connectivity index (χ1) is 11.1. The van der Waals surface area contributed by atoms with Crippen LogP contribution in [0.3, 0.4) is 0 Å². The fourth-order valence-electron chi connectivity index (χ4n) is 3.36. The Balaban J connectivity index is 1.76. The summed E-state index contributed by atoms with van der Waals surface area (Å²) in [6.07, 6.45) is 1.78. The molecule has 3 aromatic carbocycles. The molecule has 0 nitrogen and oxygen atoms in total. The van der Waals surface area contributed by atoms with Gasteiger partial charge in [-0.05, 0) is 59.7 Å². The number of benzene rings is 3. The lowest BCUT2D eigenvalue weighted by Gasteiger charge is -2.21. The molecule has 0 aliphatic heterocycles. The molecule has 0 heterocycles. The van der Waals surface area contributed by atoms with Gasteiger partial charge in [-0.2, -0.15) is 0 Å². The van der Waals surface area contributed by atoms with Crippen LogP contribution in [0.4, 0.5) is 8.78 Å². The molecule has 2 heteroatoms. The van der Waals surface area contributed by atoms with E-state index in [9.17, 15) is 8.78 Å². The predicted molar refractivity (Wildman–Crippen MR) is 88.6 cm³/mol. The first-order valence-corrected chi connectivity index (χ1v) is 7.76. The summed E-state index contributed by atoms with van der Waals surface area (Å²) in [5.74, 6) is -1.06. The molecule has 1 aliphatic rings. The van der Waals surface area contributed by atoms with E-state index in [0.717, 1.165) is 24.5 Å². The molecule has 0 amide bonds. The maximum Gasteiger partial charge on any atom is 0.133 e. The maximum absolute atomic E-state index is 14.0. The zero-order chi connectivity index (χ0) is 16.0. The molecule has 0 aromatic heterocycles. The van der Waals surface area contributed by atoms with E-state index in [2.05, 4.69) is 31.2 Å². The Morgan fingerprint density at radius 3 is 2.13 bits per heavy atom. The minimum Gasteiger partial charge on any atom is -0.207 e. The molecule has 0 saturated carbocycles. The third-order valence-electron chi connectivity index (χ3n) is 4.57. The van der Waals surface area contributed by atoms with Gasteiger partial charge in [-0.1, -0.05) is 42.0 Å². The minimum absolute atomic E-state index is 0.448. The van der Waals surface area contributed by atoms with Crippen molar-refractivity contribution in [1.29, 1.82) is 0 Å². The third kappa shape index (κ3) is 2.55. The number of hydrogen-bond acceptors (Lipinski definition) is 0. The van der Waals surface area contributed by atoms with Gasteiger partial charge < -0.3 is 0 Å². The molecule has 0 saturated heterocycles. The summed E-state index contributed by atoms with van der Waals surface area (Å²) in [5, 5.41) is 0. The van der Waals surface area contributed by atoms with Gasteiger partial charge in [0.05, 0.1) is 0 Å². The van der Waals surface area contributed by atoms with Gasteiger partial charge in [0.1, 0.15) is 11.6 Å². The second-order valence-electron chi connectivity index (χ2n) is 6.23. The first-order valence-electron chi connectivity index (χ1n) is 7.76. The highest BCUT2D eigenvalue weighted by atomic mass is 19.1. The second kappa shape index (κ2) is 5.31. The first kappa shape index (κ1) is 14.1. The van der Waals surface area contributed by atoms with Crippen molar-refractivity contribution >= 4 is 0 Å². The largest absolute Gasteiger partial charge is 0.207 e. The van der Waals surface area contributed by atoms with Crippen molar-refractivity contribution < 1.29 is 8.78 Å². The van der Waals surface area contributed by atoms with E-state index in [4.69, 9.17) is 0 Å². The molecule has 0 fully saturated rings. The molecule has 114 valence electrons. The number of halogens is 2. The van der Waals surface area contributed by atoms with Gasteiger partial charge >= 0.3 is 0 Å². The van der Waals surface area contributed by atoms with E-state index in [0.29, 0.717) is 5.56 Å². The number of rotatable bonds is 1. The van der Waals surface area contributed by atoms with Crippen LogP contribution in [0.25, 0.3) is 11.1 Å². The summed E-state index contributed by atoms with van der Waals surface area (Å²) in [5.41, 5.74) is 7.74. The summed E-state index contributed by atoms with van der Waals surface area (Å²) < 4.78 is 27.1. The smallest absolute Gasteiger partial charge is 0.133 e. The van der Waals surface area contributed by atoms with Gasteiger partial charge in [-0.15, -0.1) is 0 Å². The highest BCUT2D eigenvalue weighted by Crippen LogP contribution is 2.32. The maximum atomic E-state index is 14.0. The van der Waals surface area contributed by atoms with Crippen molar-refractivity contribution in [2.45, 2.75) is 19.8 Å². The highest BCUT2D eigenvalue weighted by molar-refractivity contribution is 5.66. The van der Waals surface area contributed by atoms with Crippen molar-refractivity contribution in [2.75, 3.05) is 0 Å². The SMILES string of the molecule is Cc1ccc2c(c1)Cc1ccc(-c3ccc(F)cc3F)cc1C2. The molecule has 1 aliphatic carbocycles. The Morgan fingerprint density at radius 1 is 0.696 bits per heavy atom. The summed E-state index contributed by atoms with van der Waals surface area (Å²) >= 11 is 0. The van der Waals surface area contributed by atoms with E-state index in [-0.39, 0.29) is 0 Å². The molecular formula is C21H16F2. The molecule has 0 atom stereocenters. The molecule has 0 spiro atoms. The summed E-state index contributed by atoms with van der Waals surface area (Å²) in [6, 6.07) is 16.3. The zero-order valence-corrected chi connectivity index (χ0v) is 12.9. The third-order valence-corrected chi connectivity index (χ3v) is 4.57. The van der Waals surface area contributed by atoms with Crippen LogP contribution in [0.2, 0.25) is 0 Å². The van der Waals surface area contributed by atoms with Crippen LogP contribution in [0.15, 0.2) is 54.6 Å². The number of fused-ring (bicyclic) bond motifs is 2. The Bertz CT molecular complexity index is 910. The van der Waals surface area contributed by atoms with Crippen molar-refractivity contribution in [1.82, 2.24) is 0 Å². The average Bonchev–Trinajstić information content (AvgIpc) is 2.52. The Kier molecular flexibility index (Phi) is 3.26. The Morgan fingerprint density at radius 2 is 1.39 bits per heavy atom. The molecule has 4 rings (SSSR count). The van der Waals surface area contributed by atoms with Crippen molar-refractivity contribution in [3.8, 4) is 11.1 Å². The van der Waals surface area contributed by atoms with Crippen LogP contribution in [0, 0.1) is 18.6 Å². The quantitative estimate of drug-likeness (QED) is 0.439. The van der Waals surface area contributed by atoms with Gasteiger partial charge in [0, 0.05) is 11.6 Å². The molecular weight excluding hydrogens is 290 g/mol. The van der Waals surface area contributed by atoms with E-state index in [1.54, 1.807) is 0 Å². The molecule has 0 N–H and O–H groups in total. The highest BCUT2D eigenvalue weighted by Gasteiger charge is 2.16. The summed E-state index contributed by atoms with van der Waals surface area (Å²) in [4.78, 5) is 0. The van der Waals surface area contributed by atoms with Crippen molar-refractivity contribution in [3.63, 3.8) is 0 Å². The molecule has 0 radical (unpaired) electrons. The van der Waals surface area contributed by atoms with Gasteiger partial charge in [-0.25, -0.2) is 8.78 Å². The Labute approximate surface area is 134 Å². The average molecular weight is 306 g/mol. The van der Waals surface area contributed by atoms with Crippen molar-refractivity contribution in [2.24, 2.45) is 0 Å². The van der Waals surface area contributed by atoms with Gasteiger partial charge in [0.25, 0.3) is 0 Å². The van der Waals surface area contributed by atoms with Crippen LogP contribution in [-0.4, -0.2) is 0 Å². The van der Waals surface area contributed by atoms with E-state index in [1.165, 1.54) is 39.9 Å². The van der Waals surface area contributed by atoms with Crippen LogP contribution >= 0.6 is 0 Å². The lowest BCUT2D eigenvalue weighted by Crippen LogP contribution is -2.07. The molecule has 0 unspecified atom stereocenters. The van der Waals surface area contributed by atoms with E-state index >= 15 is 0 Å². The van der Waals surface area contributed by atoms with Crippen LogP contribution in [0.5, 0.6) is 0 Å². The van der Waals surface area contributed by atoms with Crippen LogP contribution in [0.1, 0.15) is 27.8 Å². The topological polar surface area (TPSA) is 0 Å². The molecule has 3 aromatic rings. The Hall–Kier alpha value is -2.48. The van der Waals surface area contributed by atoms with E-state index < -0.39 is 11.6 Å².